The summed E-state index contributed by atoms with van der Waals surface area (Å²) in [5, 5.41) is 7.23. The number of hydrogen-bond acceptors (Lipinski definition) is 5. The molecule has 0 fully saturated rings. The van der Waals surface area contributed by atoms with Gasteiger partial charge in [0.25, 0.3) is 0 Å². The first-order valence-electron chi connectivity index (χ1n) is 11.5. The van der Waals surface area contributed by atoms with Gasteiger partial charge in [-0.15, -0.1) is 0 Å². The van der Waals surface area contributed by atoms with Crippen LogP contribution in [-0.4, -0.2) is 18.7 Å². The van der Waals surface area contributed by atoms with Crippen LogP contribution in [0.4, 0.5) is 0 Å². The van der Waals surface area contributed by atoms with E-state index in [1.165, 1.54) is 10.8 Å². The van der Waals surface area contributed by atoms with Gasteiger partial charge in [0.05, 0.1) is 17.3 Å². The van der Waals surface area contributed by atoms with Crippen molar-refractivity contribution in [3.05, 3.63) is 106 Å². The molecule has 0 aliphatic rings. The lowest BCUT2D eigenvalue weighted by molar-refractivity contribution is 0.0929. The van der Waals surface area contributed by atoms with Gasteiger partial charge in [0.15, 0.2) is 5.76 Å². The number of fused-ring (bicyclic) bond motifs is 2. The van der Waals surface area contributed by atoms with Crippen LogP contribution in [0.25, 0.3) is 21.7 Å². The molecule has 5 aromatic rings. The molecule has 0 saturated heterocycles. The summed E-state index contributed by atoms with van der Waals surface area (Å²) in [7, 11) is 0. The van der Waals surface area contributed by atoms with Crippen LogP contribution in [-0.2, 0) is 6.61 Å². The first-order valence-corrected chi connectivity index (χ1v) is 12.3. The van der Waals surface area contributed by atoms with Crippen molar-refractivity contribution >= 4 is 49.8 Å². The zero-order chi connectivity index (χ0) is 24.9. The van der Waals surface area contributed by atoms with Crippen LogP contribution in [0.5, 0.6) is 11.5 Å². The van der Waals surface area contributed by atoms with Gasteiger partial charge >= 0.3 is 5.91 Å². The number of benzene rings is 4. The van der Waals surface area contributed by atoms with E-state index in [1.807, 2.05) is 49.4 Å². The van der Waals surface area contributed by atoms with Crippen LogP contribution in [0.15, 0.2) is 98.9 Å². The molecule has 0 atom stereocenters. The third-order valence-corrected chi connectivity index (χ3v) is 6.19. The first-order chi connectivity index (χ1) is 17.6. The third-order valence-electron chi connectivity index (χ3n) is 5.57. The molecule has 1 heterocycles. The number of hydrogen-bond donors (Lipinski definition) is 1. The summed E-state index contributed by atoms with van der Waals surface area (Å²) in [6.45, 7) is 2.94. The fourth-order valence-electron chi connectivity index (χ4n) is 3.81. The Balaban J connectivity index is 1.19. The zero-order valence-electron chi connectivity index (χ0n) is 19.5. The predicted molar refractivity (Wildman–Crippen MR) is 145 cm³/mol. The summed E-state index contributed by atoms with van der Waals surface area (Å²) < 4.78 is 17.9. The van der Waals surface area contributed by atoms with Crippen LogP contribution >= 0.6 is 15.9 Å². The molecule has 180 valence electrons. The van der Waals surface area contributed by atoms with Crippen molar-refractivity contribution in [1.82, 2.24) is 5.43 Å². The molecule has 0 saturated carbocycles. The number of halogens is 1. The number of hydrazone groups is 1. The van der Waals surface area contributed by atoms with E-state index < -0.39 is 5.91 Å². The van der Waals surface area contributed by atoms with E-state index in [1.54, 1.807) is 18.3 Å². The van der Waals surface area contributed by atoms with Gasteiger partial charge in [0.2, 0.25) is 0 Å². The van der Waals surface area contributed by atoms with E-state index in [2.05, 4.69) is 56.8 Å². The summed E-state index contributed by atoms with van der Waals surface area (Å²) in [5.41, 5.74) is 5.00. The standard InChI is InChI=1S/C29H23BrN2O4/c1-2-34-24-10-12-26-23(15-24)16-28(36-26)29(33)32-31-17-19-8-11-27(25(30)14-19)35-18-20-7-9-21-5-3-4-6-22(21)13-20/h3-17H,2,18H2,1H3,(H,32,33)/b31-17+. The second-order valence-electron chi connectivity index (χ2n) is 8.10. The van der Waals surface area contributed by atoms with E-state index >= 15 is 0 Å². The smallest absolute Gasteiger partial charge is 0.307 e. The van der Waals surface area contributed by atoms with Gasteiger partial charge in [-0.1, -0.05) is 36.4 Å². The Morgan fingerprint density at radius 3 is 2.64 bits per heavy atom. The molecule has 0 bridgehead atoms. The topological polar surface area (TPSA) is 73.1 Å². The molecule has 4 aromatic carbocycles. The van der Waals surface area contributed by atoms with Crippen LogP contribution in [0, 0.1) is 0 Å². The van der Waals surface area contributed by atoms with Crippen molar-refractivity contribution in [1.29, 1.82) is 0 Å². The molecular formula is C29H23BrN2O4. The summed E-state index contributed by atoms with van der Waals surface area (Å²) in [6, 6.07) is 27.2. The van der Waals surface area contributed by atoms with E-state index in [0.29, 0.717) is 18.8 Å². The lowest BCUT2D eigenvalue weighted by atomic mass is 10.1. The average Bonchev–Trinajstić information content (AvgIpc) is 3.32. The SMILES string of the molecule is CCOc1ccc2oc(C(=O)N/N=C/c3ccc(OCc4ccc5ccccc5c4)c(Br)c3)cc2c1. The molecule has 0 unspecified atom stereocenters. The van der Waals surface area contributed by atoms with Crippen molar-refractivity contribution in [3.63, 3.8) is 0 Å². The van der Waals surface area contributed by atoms with Crippen molar-refractivity contribution in [2.24, 2.45) is 5.10 Å². The number of amides is 1. The molecular weight excluding hydrogens is 520 g/mol. The minimum atomic E-state index is -0.435. The zero-order valence-corrected chi connectivity index (χ0v) is 21.1. The molecule has 1 N–H and O–H groups in total. The van der Waals surface area contributed by atoms with Crippen molar-refractivity contribution in [2.45, 2.75) is 13.5 Å². The number of carbonyl (C=O) groups excluding carboxylic acids is 1. The maximum absolute atomic E-state index is 12.5. The van der Waals surface area contributed by atoms with Gasteiger partial charge in [0.1, 0.15) is 23.7 Å². The van der Waals surface area contributed by atoms with Crippen molar-refractivity contribution < 1.29 is 18.7 Å². The second-order valence-corrected chi connectivity index (χ2v) is 8.96. The Hall–Kier alpha value is -4.10. The maximum Gasteiger partial charge on any atom is 0.307 e. The highest BCUT2D eigenvalue weighted by Gasteiger charge is 2.12. The average molecular weight is 543 g/mol. The number of carbonyl (C=O) groups is 1. The Labute approximate surface area is 216 Å². The summed E-state index contributed by atoms with van der Waals surface area (Å²) in [5.74, 6) is 1.19. The minimum absolute atomic E-state index is 0.175. The second kappa shape index (κ2) is 10.7. The van der Waals surface area contributed by atoms with E-state index in [9.17, 15) is 4.79 Å². The molecule has 0 spiro atoms. The third kappa shape index (κ3) is 5.42. The predicted octanol–water partition coefficient (Wildman–Crippen LogP) is 7.09. The number of nitrogens with zero attached hydrogens (tertiary/aromatic N) is 1. The number of furan rings is 1. The van der Waals surface area contributed by atoms with Gasteiger partial charge in [-0.2, -0.15) is 5.10 Å². The van der Waals surface area contributed by atoms with Gasteiger partial charge in [-0.05, 0) is 93.3 Å². The molecule has 0 radical (unpaired) electrons. The van der Waals surface area contributed by atoms with E-state index in [0.717, 1.165) is 32.5 Å². The lowest BCUT2D eigenvalue weighted by Gasteiger charge is -2.09. The quantitative estimate of drug-likeness (QED) is 0.168. The normalized spacial score (nSPS) is 11.3. The summed E-state index contributed by atoms with van der Waals surface area (Å²) in [4.78, 5) is 12.5. The Kier molecular flexibility index (Phi) is 7.00. The number of rotatable bonds is 8. The monoisotopic (exact) mass is 542 g/mol. The fourth-order valence-corrected chi connectivity index (χ4v) is 4.33. The lowest BCUT2D eigenvalue weighted by Crippen LogP contribution is -2.16. The highest BCUT2D eigenvalue weighted by Crippen LogP contribution is 2.27. The molecule has 5 rings (SSSR count). The minimum Gasteiger partial charge on any atom is -0.494 e. The molecule has 6 nitrogen and oxygen atoms in total. The summed E-state index contributed by atoms with van der Waals surface area (Å²) >= 11 is 3.56. The molecule has 7 heteroatoms. The highest BCUT2D eigenvalue weighted by molar-refractivity contribution is 9.10. The van der Waals surface area contributed by atoms with Crippen LogP contribution in [0.2, 0.25) is 0 Å². The van der Waals surface area contributed by atoms with Crippen molar-refractivity contribution in [3.8, 4) is 11.5 Å². The van der Waals surface area contributed by atoms with Gasteiger partial charge in [-0.25, -0.2) is 5.43 Å². The van der Waals surface area contributed by atoms with Crippen LogP contribution < -0.4 is 14.9 Å². The van der Waals surface area contributed by atoms with Crippen LogP contribution in [0.1, 0.15) is 28.6 Å². The van der Waals surface area contributed by atoms with Crippen molar-refractivity contribution in [2.75, 3.05) is 6.61 Å². The van der Waals surface area contributed by atoms with Gasteiger partial charge in [-0.3, -0.25) is 4.79 Å². The Bertz CT molecular complexity index is 1570. The van der Waals surface area contributed by atoms with E-state index in [-0.39, 0.29) is 5.76 Å². The van der Waals surface area contributed by atoms with Gasteiger partial charge in [0, 0.05) is 5.39 Å². The van der Waals surface area contributed by atoms with E-state index in [4.69, 9.17) is 13.9 Å². The first kappa shape index (κ1) is 23.6. The maximum atomic E-state index is 12.5. The molecule has 1 amide bonds. The Morgan fingerprint density at radius 2 is 1.81 bits per heavy atom. The van der Waals surface area contributed by atoms with Crippen LogP contribution in [0.3, 0.4) is 0 Å². The summed E-state index contributed by atoms with van der Waals surface area (Å²) in [6.07, 6.45) is 1.56. The fraction of sp³-hybridized carbons (Fsp3) is 0.103. The number of ether oxygens (including phenoxy) is 2. The molecule has 0 aliphatic carbocycles. The van der Waals surface area contributed by atoms with Gasteiger partial charge < -0.3 is 13.9 Å². The molecule has 0 aliphatic heterocycles. The molecule has 36 heavy (non-hydrogen) atoms. The molecule has 1 aromatic heterocycles. The Morgan fingerprint density at radius 1 is 0.944 bits per heavy atom. The largest absolute Gasteiger partial charge is 0.494 e. The number of nitrogens with one attached hydrogen (secondary N) is 1. The highest BCUT2D eigenvalue weighted by atomic mass is 79.9.